The first kappa shape index (κ1) is 22.3. The summed E-state index contributed by atoms with van der Waals surface area (Å²) >= 11 is 6.16. The number of fused-ring (bicyclic) bond motifs is 1. The highest BCUT2D eigenvalue weighted by Gasteiger charge is 2.38. The van der Waals surface area contributed by atoms with Gasteiger partial charge in [-0.2, -0.15) is 0 Å². The van der Waals surface area contributed by atoms with Crippen LogP contribution in [0.1, 0.15) is 71.7 Å². The Balaban J connectivity index is 1.41. The topological polar surface area (TPSA) is 37.4 Å². The van der Waals surface area contributed by atoms with Gasteiger partial charge in [0.15, 0.2) is 0 Å². The lowest BCUT2D eigenvalue weighted by Gasteiger charge is -2.14. The van der Waals surface area contributed by atoms with E-state index in [0.29, 0.717) is 16.3 Å². The maximum absolute atomic E-state index is 12.8. The van der Waals surface area contributed by atoms with E-state index in [1.54, 1.807) is 18.2 Å². The Kier molecular flexibility index (Phi) is 7.06. The van der Waals surface area contributed by atoms with Crippen molar-refractivity contribution in [3.8, 4) is 11.1 Å². The number of aryl methyl sites for hydroxylation is 1. The number of amides is 2. The SMILES string of the molecule is CCCCCCCCc1ccc(-c2ccc(N3C(=O)c4cccc(Cl)c4C3=O)cc2)cc1. The highest BCUT2D eigenvalue weighted by Crippen LogP contribution is 2.33. The molecule has 0 N–H and O–H groups in total. The molecular formula is C28H28ClNO2. The van der Waals surface area contributed by atoms with Crippen LogP contribution in [0.5, 0.6) is 0 Å². The van der Waals surface area contributed by atoms with Gasteiger partial charge in [0.2, 0.25) is 0 Å². The molecule has 0 saturated heterocycles. The Bertz CT molecular complexity index is 1100. The van der Waals surface area contributed by atoms with Crippen LogP contribution >= 0.6 is 11.6 Å². The number of carbonyl (C=O) groups is 2. The van der Waals surface area contributed by atoms with Crippen LogP contribution in [0.25, 0.3) is 11.1 Å². The van der Waals surface area contributed by atoms with E-state index in [1.807, 2.05) is 24.3 Å². The maximum Gasteiger partial charge on any atom is 0.267 e. The summed E-state index contributed by atoms with van der Waals surface area (Å²) in [6.45, 7) is 2.25. The second kappa shape index (κ2) is 10.1. The first-order valence-electron chi connectivity index (χ1n) is 11.5. The number of hydrogen-bond donors (Lipinski definition) is 0. The zero-order valence-electron chi connectivity index (χ0n) is 18.4. The van der Waals surface area contributed by atoms with Crippen LogP contribution in [0.2, 0.25) is 5.02 Å². The van der Waals surface area contributed by atoms with Crippen molar-refractivity contribution in [2.45, 2.75) is 51.9 Å². The van der Waals surface area contributed by atoms with Gasteiger partial charge in [-0.1, -0.05) is 93.1 Å². The number of carbonyl (C=O) groups excluding carboxylic acids is 2. The third kappa shape index (κ3) is 4.63. The fraction of sp³-hybridized carbons (Fsp3) is 0.286. The predicted molar refractivity (Wildman–Crippen MR) is 132 cm³/mol. The van der Waals surface area contributed by atoms with E-state index in [2.05, 4.69) is 31.2 Å². The molecule has 0 aliphatic carbocycles. The van der Waals surface area contributed by atoms with Gasteiger partial charge < -0.3 is 0 Å². The molecule has 1 aliphatic rings. The quantitative estimate of drug-likeness (QED) is 0.250. The average molecular weight is 446 g/mol. The third-order valence-corrected chi connectivity index (χ3v) is 6.41. The summed E-state index contributed by atoms with van der Waals surface area (Å²) in [5.74, 6) is -0.707. The molecule has 2 amide bonds. The van der Waals surface area contributed by atoms with Gasteiger partial charge in [-0.3, -0.25) is 9.59 Å². The zero-order valence-corrected chi connectivity index (χ0v) is 19.2. The molecule has 0 spiro atoms. The molecular weight excluding hydrogens is 418 g/mol. The van der Waals surface area contributed by atoms with Crippen molar-refractivity contribution < 1.29 is 9.59 Å². The maximum atomic E-state index is 12.8. The highest BCUT2D eigenvalue weighted by atomic mass is 35.5. The van der Waals surface area contributed by atoms with Crippen LogP contribution < -0.4 is 4.90 Å². The third-order valence-electron chi connectivity index (χ3n) is 6.10. The fourth-order valence-electron chi connectivity index (χ4n) is 4.25. The van der Waals surface area contributed by atoms with E-state index in [9.17, 15) is 9.59 Å². The molecule has 1 aliphatic heterocycles. The van der Waals surface area contributed by atoms with Gasteiger partial charge in [-0.15, -0.1) is 0 Å². The second-order valence-electron chi connectivity index (χ2n) is 8.37. The molecule has 0 saturated carbocycles. The molecule has 3 nitrogen and oxygen atoms in total. The summed E-state index contributed by atoms with van der Waals surface area (Å²) in [5.41, 5.74) is 4.72. The number of rotatable bonds is 9. The lowest BCUT2D eigenvalue weighted by Crippen LogP contribution is -2.29. The van der Waals surface area contributed by atoms with Crippen LogP contribution in [0.4, 0.5) is 5.69 Å². The Labute approximate surface area is 195 Å². The molecule has 0 fully saturated rings. The molecule has 3 aromatic carbocycles. The Morgan fingerprint density at radius 1 is 0.719 bits per heavy atom. The van der Waals surface area contributed by atoms with E-state index in [1.165, 1.54) is 49.0 Å². The van der Waals surface area contributed by atoms with Crippen molar-refractivity contribution in [1.82, 2.24) is 0 Å². The van der Waals surface area contributed by atoms with E-state index in [4.69, 9.17) is 11.6 Å². The fourth-order valence-corrected chi connectivity index (χ4v) is 4.51. The van der Waals surface area contributed by atoms with Gasteiger partial charge in [-0.05, 0) is 53.8 Å². The lowest BCUT2D eigenvalue weighted by molar-refractivity contribution is 0.0926. The summed E-state index contributed by atoms with van der Waals surface area (Å²) < 4.78 is 0. The van der Waals surface area contributed by atoms with Gasteiger partial charge in [0.05, 0.1) is 21.8 Å². The smallest absolute Gasteiger partial charge is 0.267 e. The molecule has 3 aromatic rings. The van der Waals surface area contributed by atoms with Crippen molar-refractivity contribution >= 4 is 29.1 Å². The average Bonchev–Trinajstić information content (AvgIpc) is 3.08. The van der Waals surface area contributed by atoms with Crippen LogP contribution in [-0.4, -0.2) is 11.8 Å². The monoisotopic (exact) mass is 445 g/mol. The first-order valence-corrected chi connectivity index (χ1v) is 11.8. The van der Waals surface area contributed by atoms with Crippen LogP contribution in [0.3, 0.4) is 0 Å². The lowest BCUT2D eigenvalue weighted by atomic mass is 10.0. The molecule has 164 valence electrons. The van der Waals surface area contributed by atoms with E-state index < -0.39 is 0 Å². The van der Waals surface area contributed by atoms with Gasteiger partial charge in [-0.25, -0.2) is 4.90 Å². The normalized spacial score (nSPS) is 13.0. The van der Waals surface area contributed by atoms with Crippen molar-refractivity contribution in [2.24, 2.45) is 0 Å². The molecule has 4 heteroatoms. The Morgan fingerprint density at radius 3 is 2.00 bits per heavy atom. The summed E-state index contributed by atoms with van der Waals surface area (Å²) in [4.78, 5) is 26.8. The van der Waals surface area contributed by atoms with Crippen molar-refractivity contribution in [3.63, 3.8) is 0 Å². The minimum atomic E-state index is -0.373. The zero-order chi connectivity index (χ0) is 22.5. The van der Waals surface area contributed by atoms with Crippen molar-refractivity contribution in [3.05, 3.63) is 88.4 Å². The summed E-state index contributed by atoms with van der Waals surface area (Å²) in [5, 5.41) is 0.306. The largest absolute Gasteiger partial charge is 0.268 e. The number of unbranched alkanes of at least 4 members (excludes halogenated alkanes) is 5. The number of halogens is 1. The second-order valence-corrected chi connectivity index (χ2v) is 8.78. The van der Waals surface area contributed by atoms with Crippen LogP contribution in [0.15, 0.2) is 66.7 Å². The summed E-state index contributed by atoms with van der Waals surface area (Å²) in [6, 6.07) is 21.2. The minimum Gasteiger partial charge on any atom is -0.268 e. The molecule has 0 aromatic heterocycles. The van der Waals surface area contributed by atoms with Crippen molar-refractivity contribution in [1.29, 1.82) is 0 Å². The molecule has 0 bridgehead atoms. The molecule has 1 heterocycles. The molecule has 0 radical (unpaired) electrons. The van der Waals surface area contributed by atoms with Gasteiger partial charge in [0, 0.05) is 0 Å². The summed E-state index contributed by atoms with van der Waals surface area (Å²) in [6.07, 6.45) is 8.96. The number of nitrogens with zero attached hydrogens (tertiary/aromatic N) is 1. The minimum absolute atomic E-state index is 0.282. The summed E-state index contributed by atoms with van der Waals surface area (Å²) in [7, 11) is 0. The molecule has 32 heavy (non-hydrogen) atoms. The Hall–Kier alpha value is -2.91. The molecule has 0 atom stereocenters. The first-order chi connectivity index (χ1) is 15.6. The predicted octanol–water partition coefficient (Wildman–Crippen LogP) is 7.71. The number of hydrogen-bond acceptors (Lipinski definition) is 2. The van der Waals surface area contributed by atoms with E-state index >= 15 is 0 Å². The van der Waals surface area contributed by atoms with Gasteiger partial charge in [0.25, 0.3) is 11.8 Å². The number of imide groups is 1. The molecule has 4 rings (SSSR count). The van der Waals surface area contributed by atoms with Crippen LogP contribution in [-0.2, 0) is 6.42 Å². The Morgan fingerprint density at radius 2 is 1.34 bits per heavy atom. The van der Waals surface area contributed by atoms with E-state index in [-0.39, 0.29) is 17.4 Å². The van der Waals surface area contributed by atoms with Gasteiger partial charge >= 0.3 is 0 Å². The highest BCUT2D eigenvalue weighted by molar-refractivity contribution is 6.42. The number of anilines is 1. The standard InChI is InChI=1S/C28H28ClNO2/c1-2-3-4-5-6-7-9-20-12-14-21(15-13-20)22-16-18-23(19-17-22)30-27(31)24-10-8-11-25(29)26(24)28(30)32/h8,10-19H,2-7,9H2,1H3. The van der Waals surface area contributed by atoms with Crippen molar-refractivity contribution in [2.75, 3.05) is 4.90 Å². The number of benzene rings is 3. The molecule has 0 unspecified atom stereocenters. The van der Waals surface area contributed by atoms with Gasteiger partial charge in [0.1, 0.15) is 0 Å². The van der Waals surface area contributed by atoms with E-state index in [0.717, 1.165) is 17.5 Å². The van der Waals surface area contributed by atoms with Crippen LogP contribution in [0, 0.1) is 0 Å².